The summed E-state index contributed by atoms with van der Waals surface area (Å²) < 4.78 is 43.1. The van der Waals surface area contributed by atoms with Gasteiger partial charge in [0, 0.05) is 35.1 Å². The van der Waals surface area contributed by atoms with Crippen LogP contribution in [-0.4, -0.2) is 29.5 Å². The van der Waals surface area contributed by atoms with E-state index in [1.54, 1.807) is 35.9 Å². The third kappa shape index (κ3) is 3.19. The first kappa shape index (κ1) is 20.0. The largest absolute Gasteiger partial charge is 0.333 e. The number of hydrogen-bond donors (Lipinski definition) is 0. The van der Waals surface area contributed by atoms with Crippen molar-refractivity contribution in [2.24, 2.45) is 7.05 Å². The zero-order chi connectivity index (χ0) is 21.8. The van der Waals surface area contributed by atoms with E-state index in [0.717, 1.165) is 21.3 Å². The first-order valence-corrected chi connectivity index (χ1v) is 13.1. The number of aromatic nitrogens is 1. The van der Waals surface area contributed by atoms with Crippen molar-refractivity contribution < 1.29 is 12.6 Å². The van der Waals surface area contributed by atoms with Gasteiger partial charge in [0.1, 0.15) is 10.9 Å². The van der Waals surface area contributed by atoms with Gasteiger partial charge in [0.25, 0.3) is 10.0 Å². The Bertz CT molecular complexity index is 1510. The highest BCUT2D eigenvalue weighted by molar-refractivity contribution is 7.93. The lowest BCUT2D eigenvalue weighted by atomic mass is 10.1. The minimum absolute atomic E-state index is 0.140. The molecule has 1 aliphatic heterocycles. The van der Waals surface area contributed by atoms with Gasteiger partial charge in [0.15, 0.2) is 5.03 Å². The van der Waals surface area contributed by atoms with Crippen molar-refractivity contribution in [2.75, 3.05) is 16.6 Å². The van der Waals surface area contributed by atoms with Crippen molar-refractivity contribution in [2.45, 2.75) is 9.92 Å². The minimum atomic E-state index is -3.88. The van der Waals surface area contributed by atoms with Gasteiger partial charge in [-0.2, -0.15) is 13.7 Å². The Morgan fingerprint density at radius 3 is 2.65 bits per heavy atom. The standard InChI is InChI=1S/C22H17N3O3S3/c1-24-18-5-3-2-4-15(18)13-22(24)31(27,28)25-10-11-30(26)21-9-6-16(12-19(21)25)20-8-7-17(14-23)29-20/h2-9,12-13H,10-11H2,1H3. The molecule has 1 unspecified atom stereocenters. The van der Waals surface area contributed by atoms with Gasteiger partial charge in [0.05, 0.1) is 21.4 Å². The molecular weight excluding hydrogens is 450 g/mol. The van der Waals surface area contributed by atoms with E-state index in [4.69, 9.17) is 5.26 Å². The molecule has 31 heavy (non-hydrogen) atoms. The number of aryl methyl sites for hydroxylation is 1. The molecule has 0 spiro atoms. The fraction of sp³-hybridized carbons (Fsp3) is 0.136. The van der Waals surface area contributed by atoms with Gasteiger partial charge in [-0.05, 0) is 42.0 Å². The predicted molar refractivity (Wildman–Crippen MR) is 123 cm³/mol. The van der Waals surface area contributed by atoms with E-state index in [1.807, 2.05) is 36.4 Å². The molecule has 0 amide bonds. The maximum Gasteiger partial charge on any atom is 0.280 e. The first-order valence-electron chi connectivity index (χ1n) is 9.50. The maximum absolute atomic E-state index is 13.7. The number of nitrogens with zero attached hydrogens (tertiary/aromatic N) is 3. The molecule has 2 aromatic heterocycles. The lowest BCUT2D eigenvalue weighted by molar-refractivity contribution is 0.582. The van der Waals surface area contributed by atoms with Crippen LogP contribution in [0.3, 0.4) is 0 Å². The minimum Gasteiger partial charge on any atom is -0.333 e. The molecule has 0 bridgehead atoms. The Morgan fingerprint density at radius 2 is 1.90 bits per heavy atom. The summed E-state index contributed by atoms with van der Waals surface area (Å²) in [6.07, 6.45) is 0. The Balaban J connectivity index is 1.66. The summed E-state index contributed by atoms with van der Waals surface area (Å²) in [5.41, 5.74) is 2.05. The summed E-state index contributed by atoms with van der Waals surface area (Å²) in [7, 11) is -3.41. The van der Waals surface area contributed by atoms with Gasteiger partial charge in [-0.15, -0.1) is 11.3 Å². The Labute approximate surface area is 186 Å². The molecule has 5 rings (SSSR count). The fourth-order valence-electron chi connectivity index (χ4n) is 3.88. The van der Waals surface area contributed by atoms with Crippen molar-refractivity contribution in [3.05, 3.63) is 65.5 Å². The van der Waals surface area contributed by atoms with Crippen LogP contribution in [0, 0.1) is 11.3 Å². The third-order valence-electron chi connectivity index (χ3n) is 5.42. The van der Waals surface area contributed by atoms with Crippen LogP contribution in [0.15, 0.2) is 70.6 Å². The van der Waals surface area contributed by atoms with Gasteiger partial charge in [-0.1, -0.05) is 24.3 Å². The zero-order valence-electron chi connectivity index (χ0n) is 16.5. The molecule has 0 fully saturated rings. The van der Waals surface area contributed by atoms with Gasteiger partial charge < -0.3 is 4.57 Å². The number of benzene rings is 2. The van der Waals surface area contributed by atoms with Crippen molar-refractivity contribution in [3.8, 4) is 16.5 Å². The van der Waals surface area contributed by atoms with E-state index in [9.17, 15) is 12.6 Å². The molecule has 3 heterocycles. The van der Waals surface area contributed by atoms with Crippen LogP contribution >= 0.6 is 11.3 Å². The van der Waals surface area contributed by atoms with Crippen LogP contribution in [0.2, 0.25) is 0 Å². The van der Waals surface area contributed by atoms with Gasteiger partial charge in [0.2, 0.25) is 0 Å². The highest BCUT2D eigenvalue weighted by Gasteiger charge is 2.34. The summed E-state index contributed by atoms with van der Waals surface area (Å²) in [6.45, 7) is 0.140. The quantitative estimate of drug-likeness (QED) is 0.454. The van der Waals surface area contributed by atoms with Crippen LogP contribution in [0.25, 0.3) is 21.3 Å². The van der Waals surface area contributed by atoms with E-state index in [1.165, 1.54) is 15.6 Å². The summed E-state index contributed by atoms with van der Waals surface area (Å²) in [4.78, 5) is 1.95. The molecule has 1 aliphatic rings. The molecule has 156 valence electrons. The number of anilines is 1. The molecule has 6 nitrogen and oxygen atoms in total. The smallest absolute Gasteiger partial charge is 0.280 e. The first-order chi connectivity index (χ1) is 14.9. The van der Waals surface area contributed by atoms with E-state index < -0.39 is 20.8 Å². The number of para-hydroxylation sites is 1. The van der Waals surface area contributed by atoms with E-state index >= 15 is 0 Å². The summed E-state index contributed by atoms with van der Waals surface area (Å²) >= 11 is 1.34. The van der Waals surface area contributed by atoms with E-state index in [-0.39, 0.29) is 17.3 Å². The monoisotopic (exact) mass is 467 g/mol. The van der Waals surface area contributed by atoms with Crippen LogP contribution in [-0.2, 0) is 27.9 Å². The Hall–Kier alpha value is -2.93. The lowest BCUT2D eigenvalue weighted by Gasteiger charge is -2.30. The van der Waals surface area contributed by atoms with Crippen LogP contribution in [0.1, 0.15) is 4.88 Å². The topological polar surface area (TPSA) is 83.2 Å². The Kier molecular flexibility index (Phi) is 4.73. The predicted octanol–water partition coefficient (Wildman–Crippen LogP) is 4.09. The third-order valence-corrected chi connectivity index (χ3v) is 9.72. The molecule has 9 heteroatoms. The Morgan fingerprint density at radius 1 is 1.10 bits per heavy atom. The van der Waals surface area contributed by atoms with E-state index in [2.05, 4.69) is 6.07 Å². The molecule has 0 saturated heterocycles. The average molecular weight is 468 g/mol. The second-order valence-corrected chi connectivity index (χ2v) is 11.6. The maximum atomic E-state index is 13.7. The van der Waals surface area contributed by atoms with Crippen LogP contribution in [0.4, 0.5) is 5.69 Å². The summed E-state index contributed by atoms with van der Waals surface area (Å²) in [5, 5.41) is 10.2. The molecule has 4 aromatic rings. The normalized spacial score (nSPS) is 16.3. The second kappa shape index (κ2) is 7.34. The fourth-order valence-corrected chi connectivity index (χ4v) is 7.73. The van der Waals surface area contributed by atoms with Crippen LogP contribution in [0.5, 0.6) is 0 Å². The molecule has 1 atom stereocenters. The summed E-state index contributed by atoms with van der Waals surface area (Å²) in [5.74, 6) is 0.243. The lowest BCUT2D eigenvalue weighted by Crippen LogP contribution is -2.39. The summed E-state index contributed by atoms with van der Waals surface area (Å²) in [6, 6.07) is 20.2. The van der Waals surface area contributed by atoms with Gasteiger partial charge in [-0.25, -0.2) is 0 Å². The average Bonchev–Trinajstić information content (AvgIpc) is 3.39. The molecule has 0 radical (unpaired) electrons. The van der Waals surface area contributed by atoms with Gasteiger partial charge >= 0.3 is 0 Å². The number of sulfonamides is 1. The highest BCUT2D eigenvalue weighted by Crippen LogP contribution is 2.38. The van der Waals surface area contributed by atoms with Crippen molar-refractivity contribution >= 4 is 48.7 Å². The van der Waals surface area contributed by atoms with Gasteiger partial charge in [-0.3, -0.25) is 8.51 Å². The number of thiophene rings is 1. The molecule has 0 saturated carbocycles. The van der Waals surface area contributed by atoms with Crippen LogP contribution < -0.4 is 4.31 Å². The van der Waals surface area contributed by atoms with Crippen molar-refractivity contribution in [1.82, 2.24) is 4.57 Å². The van der Waals surface area contributed by atoms with Crippen molar-refractivity contribution in [1.29, 1.82) is 5.26 Å². The van der Waals surface area contributed by atoms with Crippen molar-refractivity contribution in [3.63, 3.8) is 0 Å². The zero-order valence-corrected chi connectivity index (χ0v) is 18.9. The number of nitriles is 1. The molecule has 0 N–H and O–H groups in total. The SMILES string of the molecule is Cn1c(S(=O)(=O)N2CCS(=O)c3ccc(-c4ccc(C#N)s4)cc32)cc2ccccc21. The number of hydrogen-bond acceptors (Lipinski definition) is 5. The molecule has 0 aliphatic carbocycles. The molecular formula is C22H17N3O3S3. The second-order valence-electron chi connectivity index (χ2n) is 7.19. The molecule has 2 aromatic carbocycles. The number of fused-ring (bicyclic) bond motifs is 2. The number of rotatable bonds is 3. The van der Waals surface area contributed by atoms with E-state index in [0.29, 0.717) is 15.5 Å². The highest BCUT2D eigenvalue weighted by atomic mass is 32.2.